The number of benzene rings is 1. The van der Waals surface area contributed by atoms with Crippen LogP contribution in [0.5, 0.6) is 0 Å². The van der Waals surface area contributed by atoms with Crippen molar-refractivity contribution in [3.63, 3.8) is 0 Å². The van der Waals surface area contributed by atoms with Gasteiger partial charge in [-0.05, 0) is 24.0 Å². The van der Waals surface area contributed by atoms with E-state index in [9.17, 15) is 18.0 Å². The van der Waals surface area contributed by atoms with Gasteiger partial charge in [0.15, 0.2) is 0 Å². The highest BCUT2D eigenvalue weighted by Gasteiger charge is 2.35. The molecule has 6 heteroatoms. The molecule has 1 saturated heterocycles. The molecule has 116 valence electrons. The Bertz CT molecular complexity index is 516. The maximum atomic E-state index is 13.0. The number of alkyl halides is 3. The molecular weight excluding hydrogens is 281 g/mol. The number of likely N-dealkylation sites (tertiary alicyclic amines) is 1. The van der Waals surface area contributed by atoms with Gasteiger partial charge >= 0.3 is 6.18 Å². The van der Waals surface area contributed by atoms with Crippen molar-refractivity contribution < 1.29 is 18.0 Å². The molecule has 1 aliphatic heterocycles. The van der Waals surface area contributed by atoms with Gasteiger partial charge in [-0.3, -0.25) is 4.79 Å². The van der Waals surface area contributed by atoms with E-state index in [0.717, 1.165) is 12.5 Å². The molecule has 0 unspecified atom stereocenters. The number of rotatable bonds is 3. The summed E-state index contributed by atoms with van der Waals surface area (Å²) >= 11 is 0. The number of hydrogen-bond donors (Lipinski definition) is 1. The van der Waals surface area contributed by atoms with Crippen LogP contribution < -0.4 is 5.73 Å². The topological polar surface area (TPSA) is 46.3 Å². The van der Waals surface area contributed by atoms with Gasteiger partial charge in [-0.15, -0.1) is 0 Å². The van der Waals surface area contributed by atoms with Gasteiger partial charge in [0.2, 0.25) is 5.91 Å². The monoisotopic (exact) mass is 300 g/mol. The van der Waals surface area contributed by atoms with Crippen LogP contribution in [0.15, 0.2) is 24.3 Å². The van der Waals surface area contributed by atoms with E-state index >= 15 is 0 Å². The quantitative estimate of drug-likeness (QED) is 0.933. The van der Waals surface area contributed by atoms with Gasteiger partial charge in [-0.25, -0.2) is 0 Å². The van der Waals surface area contributed by atoms with Crippen molar-refractivity contribution in [2.45, 2.75) is 37.9 Å². The number of nitrogens with zero attached hydrogens (tertiary/aromatic N) is 1. The summed E-state index contributed by atoms with van der Waals surface area (Å²) in [5.41, 5.74) is 5.25. The van der Waals surface area contributed by atoms with E-state index in [1.165, 1.54) is 12.1 Å². The molecule has 1 fully saturated rings. The van der Waals surface area contributed by atoms with Crippen LogP contribution in [0.25, 0.3) is 0 Å². The Labute approximate surface area is 121 Å². The van der Waals surface area contributed by atoms with Gasteiger partial charge in [0.05, 0.1) is 5.56 Å². The van der Waals surface area contributed by atoms with Crippen molar-refractivity contribution in [3.05, 3.63) is 35.4 Å². The van der Waals surface area contributed by atoms with Crippen LogP contribution in [0, 0.1) is 0 Å². The largest absolute Gasteiger partial charge is 0.416 e. The van der Waals surface area contributed by atoms with Crippen molar-refractivity contribution >= 4 is 5.91 Å². The lowest BCUT2D eigenvalue weighted by Crippen LogP contribution is -2.32. The number of halogens is 3. The lowest BCUT2D eigenvalue weighted by Gasteiger charge is -2.21. The van der Waals surface area contributed by atoms with Gasteiger partial charge in [0.25, 0.3) is 0 Å². The summed E-state index contributed by atoms with van der Waals surface area (Å²) in [5, 5.41) is 0. The Morgan fingerprint density at radius 3 is 2.67 bits per heavy atom. The number of carbonyl (C=O) groups is 1. The van der Waals surface area contributed by atoms with Gasteiger partial charge in [0.1, 0.15) is 0 Å². The smallest absolute Gasteiger partial charge is 0.341 e. The van der Waals surface area contributed by atoms with Crippen LogP contribution in [-0.2, 0) is 11.0 Å². The number of amides is 1. The summed E-state index contributed by atoms with van der Waals surface area (Å²) in [6.07, 6.45) is -3.58. The lowest BCUT2D eigenvalue weighted by atomic mass is 9.92. The third-order valence-corrected chi connectivity index (χ3v) is 3.86. The molecule has 1 aromatic carbocycles. The predicted octanol–water partition coefficient (Wildman–Crippen LogP) is 2.76. The van der Waals surface area contributed by atoms with E-state index in [1.54, 1.807) is 17.9 Å². The zero-order chi connectivity index (χ0) is 15.6. The first-order chi connectivity index (χ1) is 9.79. The molecule has 2 atom stereocenters. The molecule has 0 radical (unpaired) electrons. The third kappa shape index (κ3) is 3.75. The molecule has 0 bridgehead atoms. The van der Waals surface area contributed by atoms with E-state index in [4.69, 9.17) is 5.73 Å². The zero-order valence-corrected chi connectivity index (χ0v) is 11.9. The van der Waals surface area contributed by atoms with E-state index in [0.29, 0.717) is 13.1 Å². The van der Waals surface area contributed by atoms with E-state index < -0.39 is 17.7 Å². The molecule has 1 aromatic rings. The molecule has 1 aliphatic rings. The molecule has 0 spiro atoms. The second-order valence-electron chi connectivity index (χ2n) is 5.58. The van der Waals surface area contributed by atoms with Gasteiger partial charge < -0.3 is 10.6 Å². The predicted molar refractivity (Wildman–Crippen MR) is 73.6 cm³/mol. The van der Waals surface area contributed by atoms with Crippen molar-refractivity contribution in [1.29, 1.82) is 0 Å². The fraction of sp³-hybridized carbons (Fsp3) is 0.533. The first-order valence-corrected chi connectivity index (χ1v) is 6.98. The summed E-state index contributed by atoms with van der Waals surface area (Å²) < 4.78 is 39.0. The van der Waals surface area contributed by atoms with Crippen LogP contribution in [0.4, 0.5) is 13.2 Å². The number of nitrogens with two attached hydrogens (primary N) is 1. The Hall–Kier alpha value is -1.56. The molecule has 1 heterocycles. The molecule has 21 heavy (non-hydrogen) atoms. The minimum absolute atomic E-state index is 0.0216. The average molecular weight is 300 g/mol. The van der Waals surface area contributed by atoms with Crippen molar-refractivity contribution in [3.8, 4) is 0 Å². The van der Waals surface area contributed by atoms with Crippen molar-refractivity contribution in [1.82, 2.24) is 4.90 Å². The molecule has 1 amide bonds. The normalized spacial score (nSPS) is 20.6. The Kier molecular flexibility index (Phi) is 4.56. The lowest BCUT2D eigenvalue weighted by molar-refractivity contribution is -0.139. The number of hydrogen-bond acceptors (Lipinski definition) is 2. The van der Waals surface area contributed by atoms with Crippen LogP contribution >= 0.6 is 0 Å². The maximum absolute atomic E-state index is 13.0. The second-order valence-corrected chi connectivity index (χ2v) is 5.58. The summed E-state index contributed by atoms with van der Waals surface area (Å²) in [5.74, 6) is -0.612. The van der Waals surface area contributed by atoms with Crippen LogP contribution in [0.1, 0.15) is 36.8 Å². The highest BCUT2D eigenvalue weighted by Crippen LogP contribution is 2.36. The Balaban J connectivity index is 2.10. The van der Waals surface area contributed by atoms with Crippen molar-refractivity contribution in [2.24, 2.45) is 5.73 Å². The minimum Gasteiger partial charge on any atom is -0.341 e. The second kappa shape index (κ2) is 6.05. The summed E-state index contributed by atoms with van der Waals surface area (Å²) in [7, 11) is 0. The molecule has 0 saturated carbocycles. The van der Waals surface area contributed by atoms with Gasteiger partial charge in [-0.2, -0.15) is 13.2 Å². The molecule has 2 N–H and O–H groups in total. The number of carbonyl (C=O) groups excluding carboxylic acids is 1. The first-order valence-electron chi connectivity index (χ1n) is 6.98. The molecule has 0 aromatic heterocycles. The van der Waals surface area contributed by atoms with E-state index in [2.05, 4.69) is 0 Å². The fourth-order valence-electron chi connectivity index (χ4n) is 2.70. The maximum Gasteiger partial charge on any atom is 0.416 e. The van der Waals surface area contributed by atoms with Gasteiger partial charge in [0, 0.05) is 25.6 Å². The van der Waals surface area contributed by atoms with Crippen LogP contribution in [-0.4, -0.2) is 29.9 Å². The summed E-state index contributed by atoms with van der Waals surface area (Å²) in [6.45, 7) is 2.73. The van der Waals surface area contributed by atoms with Crippen LogP contribution in [0.2, 0.25) is 0 Å². The van der Waals surface area contributed by atoms with Crippen LogP contribution in [0.3, 0.4) is 0 Å². The fourth-order valence-corrected chi connectivity index (χ4v) is 2.70. The molecule has 2 rings (SSSR count). The van der Waals surface area contributed by atoms with Gasteiger partial charge in [-0.1, -0.05) is 25.1 Å². The zero-order valence-electron chi connectivity index (χ0n) is 11.9. The molecule has 3 nitrogen and oxygen atoms in total. The van der Waals surface area contributed by atoms with E-state index in [-0.39, 0.29) is 23.9 Å². The van der Waals surface area contributed by atoms with E-state index in [1.807, 2.05) is 0 Å². The summed E-state index contributed by atoms with van der Waals surface area (Å²) in [6, 6.07) is 5.41. The highest BCUT2D eigenvalue weighted by atomic mass is 19.4. The highest BCUT2D eigenvalue weighted by molar-refractivity contribution is 5.77. The summed E-state index contributed by atoms with van der Waals surface area (Å²) in [4.78, 5) is 13.8. The third-order valence-electron chi connectivity index (χ3n) is 3.86. The molecule has 0 aliphatic carbocycles. The van der Waals surface area contributed by atoms with Crippen molar-refractivity contribution in [2.75, 3.05) is 13.1 Å². The SMILES string of the molecule is C[C@@H](CC(=O)N1CC[C@H](N)C1)c1ccccc1C(F)(F)F. The minimum atomic E-state index is -4.40. The first kappa shape index (κ1) is 15.8. The molecular formula is C15H19F3N2O. The average Bonchev–Trinajstić information content (AvgIpc) is 2.84. The standard InChI is InChI=1S/C15H19F3N2O/c1-10(8-14(21)20-7-6-11(19)9-20)12-4-2-3-5-13(12)15(16,17)18/h2-5,10-11H,6-9,19H2,1H3/t10-,11-/m0/s1. The Morgan fingerprint density at radius 2 is 2.10 bits per heavy atom. The Morgan fingerprint density at radius 1 is 1.43 bits per heavy atom.